The molecule has 0 saturated carbocycles. The molecule has 0 amide bonds. The van der Waals surface area contributed by atoms with E-state index in [0.717, 1.165) is 101 Å². The average molecular weight is 686 g/mol. The molecule has 6 aromatic rings. The first-order valence-electron chi connectivity index (χ1n) is 22.2. The van der Waals surface area contributed by atoms with Gasteiger partial charge in [0.1, 0.15) is 0 Å². The Labute approximate surface area is 320 Å². The third kappa shape index (κ3) is 5.52. The molecule has 0 aromatic heterocycles. The van der Waals surface area contributed by atoms with E-state index in [9.17, 15) is 0 Å². The third-order valence-corrected chi connectivity index (χ3v) is 11.9. The van der Waals surface area contributed by atoms with Gasteiger partial charge in [0.15, 0.2) is 0 Å². The Morgan fingerprint density at radius 1 is 0.519 bits per heavy atom. The highest BCUT2D eigenvalue weighted by molar-refractivity contribution is 6.00. The molecule has 0 bridgehead atoms. The predicted molar refractivity (Wildman–Crippen MR) is 223 cm³/mol. The van der Waals surface area contributed by atoms with Gasteiger partial charge in [-0.1, -0.05) is 168 Å². The fourth-order valence-electron chi connectivity index (χ4n) is 9.35. The van der Waals surface area contributed by atoms with E-state index in [0.29, 0.717) is 11.1 Å². The predicted octanol–water partition coefficient (Wildman–Crippen LogP) is 14.8. The van der Waals surface area contributed by atoms with E-state index in [2.05, 4.69) is 111 Å². The van der Waals surface area contributed by atoms with Crippen LogP contribution in [0.1, 0.15) is 114 Å². The fraction of sp³-hybridized carbons (Fsp3) is 0.294. The number of nitrogens with zero attached hydrogens (tertiary/aromatic N) is 1. The Morgan fingerprint density at radius 2 is 1.17 bits per heavy atom. The van der Waals surface area contributed by atoms with E-state index >= 15 is 0 Å². The van der Waals surface area contributed by atoms with Gasteiger partial charge in [-0.25, -0.2) is 0 Å². The summed E-state index contributed by atoms with van der Waals surface area (Å²) in [5, 5.41) is 0. The maximum atomic E-state index is 8.93. The van der Waals surface area contributed by atoms with Crippen LogP contribution >= 0.6 is 0 Å². The molecule has 1 heteroatoms. The van der Waals surface area contributed by atoms with Gasteiger partial charge in [-0.2, -0.15) is 0 Å². The molecule has 2 aliphatic rings. The van der Waals surface area contributed by atoms with Crippen LogP contribution in [0, 0.1) is 13.7 Å². The minimum atomic E-state index is -2.39. The van der Waals surface area contributed by atoms with Crippen molar-refractivity contribution in [1.82, 2.24) is 0 Å². The summed E-state index contributed by atoms with van der Waals surface area (Å²) in [5.41, 5.74) is 13.5. The Hall–Kier alpha value is -4.88. The molecule has 0 spiro atoms. The highest BCUT2D eigenvalue weighted by Crippen LogP contribution is 2.60. The van der Waals surface area contributed by atoms with Gasteiger partial charge in [0.05, 0.1) is 11.4 Å². The number of benzene rings is 6. The van der Waals surface area contributed by atoms with Gasteiger partial charge in [-0.05, 0) is 101 Å². The number of unbranched alkanes of at least 4 members (excludes halogenated alkanes) is 3. The van der Waals surface area contributed by atoms with Crippen molar-refractivity contribution in [2.45, 2.75) is 97.2 Å². The van der Waals surface area contributed by atoms with E-state index in [-0.39, 0.29) is 5.41 Å². The lowest BCUT2D eigenvalue weighted by atomic mass is 9.70. The first kappa shape index (κ1) is 27.7. The number of rotatable bonds is 11. The molecule has 6 aromatic carbocycles. The number of anilines is 3. The van der Waals surface area contributed by atoms with Gasteiger partial charge in [-0.3, -0.25) is 0 Å². The summed E-state index contributed by atoms with van der Waals surface area (Å²) in [6.07, 6.45) is 6.54. The molecule has 2 aliphatic carbocycles. The van der Waals surface area contributed by atoms with Crippen molar-refractivity contribution in [2.24, 2.45) is 0 Å². The molecule has 1 nitrogen and oxygen atoms in total. The van der Waals surface area contributed by atoms with E-state index in [1.54, 1.807) is 6.07 Å². The largest absolute Gasteiger partial charge is 0.309 e. The summed E-state index contributed by atoms with van der Waals surface area (Å²) in [5.74, 6) is 0. The van der Waals surface area contributed by atoms with Crippen LogP contribution in [-0.4, -0.2) is 0 Å². The molecule has 0 heterocycles. The standard InChI is InChI=1S/C51H53N/c1-7-9-16-31-51(30-10-8-2)44-32-35(3)24-29-41(44)49-45(51)33-36(4)34-47(49)52(39-27-25-38(26-28-39)37-18-12-11-13-19-37)46-23-17-22-43-48(46)40-20-14-15-21-42(40)50(43,5)6/h11-15,17-29,32-34H,7-10,16,30-31H2,1-6H3/i3D3,4D3. The zero-order chi connectivity index (χ0) is 41.0. The van der Waals surface area contributed by atoms with E-state index in [4.69, 9.17) is 8.22 Å². The van der Waals surface area contributed by atoms with Crippen molar-refractivity contribution >= 4 is 17.1 Å². The molecule has 52 heavy (non-hydrogen) atoms. The van der Waals surface area contributed by atoms with Crippen LogP contribution in [-0.2, 0) is 10.8 Å². The Bertz CT molecular complexity index is 2460. The zero-order valence-electron chi connectivity index (χ0n) is 37.0. The van der Waals surface area contributed by atoms with Crippen LogP contribution < -0.4 is 4.90 Å². The van der Waals surface area contributed by atoms with Crippen molar-refractivity contribution in [3.8, 4) is 33.4 Å². The van der Waals surface area contributed by atoms with Crippen molar-refractivity contribution in [1.29, 1.82) is 0 Å². The molecular formula is C51H53N. The van der Waals surface area contributed by atoms with Gasteiger partial charge in [-0.15, -0.1) is 0 Å². The summed E-state index contributed by atoms with van der Waals surface area (Å²) >= 11 is 0. The number of fused-ring (bicyclic) bond motifs is 6. The van der Waals surface area contributed by atoms with Gasteiger partial charge in [0.25, 0.3) is 0 Å². The average Bonchev–Trinajstić information content (AvgIpc) is 3.62. The second kappa shape index (κ2) is 13.6. The molecule has 0 N–H and O–H groups in total. The van der Waals surface area contributed by atoms with E-state index in [1.807, 2.05) is 42.5 Å². The fourth-order valence-corrected chi connectivity index (χ4v) is 9.35. The molecule has 1 unspecified atom stereocenters. The quantitative estimate of drug-likeness (QED) is 0.123. The molecule has 262 valence electrons. The third-order valence-electron chi connectivity index (χ3n) is 11.9. The molecule has 0 aliphatic heterocycles. The maximum Gasteiger partial charge on any atom is 0.0546 e. The zero-order valence-corrected chi connectivity index (χ0v) is 31.0. The molecular weight excluding hydrogens is 627 g/mol. The van der Waals surface area contributed by atoms with Crippen LogP contribution in [0.4, 0.5) is 17.1 Å². The number of aryl methyl sites for hydroxylation is 2. The molecule has 8 rings (SSSR count). The maximum absolute atomic E-state index is 8.93. The molecule has 0 saturated heterocycles. The second-order valence-corrected chi connectivity index (χ2v) is 15.4. The molecule has 0 fully saturated rings. The van der Waals surface area contributed by atoms with Crippen molar-refractivity contribution in [2.75, 3.05) is 4.90 Å². The summed E-state index contributed by atoms with van der Waals surface area (Å²) < 4.78 is 52.2. The number of hydrogen-bond acceptors (Lipinski definition) is 1. The Morgan fingerprint density at radius 3 is 1.94 bits per heavy atom. The van der Waals surface area contributed by atoms with Crippen LogP contribution in [0.5, 0.6) is 0 Å². The Balaban J connectivity index is 1.49. The molecule has 1 atom stereocenters. The van der Waals surface area contributed by atoms with Gasteiger partial charge in [0, 0.05) is 35.9 Å². The number of hydrogen-bond donors (Lipinski definition) is 0. The van der Waals surface area contributed by atoms with Crippen molar-refractivity contribution in [3.05, 3.63) is 161 Å². The lowest BCUT2D eigenvalue weighted by Gasteiger charge is -2.34. The minimum Gasteiger partial charge on any atom is -0.309 e. The minimum absolute atomic E-state index is 0.250. The Kier molecular flexibility index (Phi) is 7.25. The normalized spacial score (nSPS) is 18.5. The van der Waals surface area contributed by atoms with Crippen molar-refractivity contribution < 1.29 is 8.22 Å². The molecule has 0 radical (unpaired) electrons. The van der Waals surface area contributed by atoms with Gasteiger partial charge < -0.3 is 4.90 Å². The summed E-state index contributed by atoms with van der Waals surface area (Å²) in [6, 6.07) is 43.7. The van der Waals surface area contributed by atoms with Crippen LogP contribution in [0.2, 0.25) is 0 Å². The van der Waals surface area contributed by atoms with Gasteiger partial charge in [0.2, 0.25) is 0 Å². The topological polar surface area (TPSA) is 3.24 Å². The smallest absolute Gasteiger partial charge is 0.0546 e. The van der Waals surface area contributed by atoms with Crippen LogP contribution in [0.3, 0.4) is 0 Å². The summed E-state index contributed by atoms with van der Waals surface area (Å²) in [6.45, 7) is 4.28. The lowest BCUT2D eigenvalue weighted by Crippen LogP contribution is -2.26. The lowest BCUT2D eigenvalue weighted by molar-refractivity contribution is 0.409. The monoisotopic (exact) mass is 685 g/mol. The first-order valence-corrected chi connectivity index (χ1v) is 19.2. The highest BCUT2D eigenvalue weighted by Gasteiger charge is 2.45. The highest BCUT2D eigenvalue weighted by atomic mass is 15.1. The van der Waals surface area contributed by atoms with Crippen LogP contribution in [0.15, 0.2) is 127 Å². The SMILES string of the molecule is [2H]C([2H])([2H])c1ccc2c(c1)C(CCCC)(CCCCC)c1cc(C([2H])([2H])[2H])cc(N(c3ccc(-c4ccccc4)cc3)c3cccc4c3-c3ccccc3C4(C)C)c1-2. The van der Waals surface area contributed by atoms with Gasteiger partial charge >= 0.3 is 0 Å². The second-order valence-electron chi connectivity index (χ2n) is 15.4. The first-order chi connectivity index (χ1) is 27.7. The van der Waals surface area contributed by atoms with Crippen LogP contribution in [0.25, 0.3) is 33.4 Å². The van der Waals surface area contributed by atoms with E-state index < -0.39 is 19.1 Å². The summed E-state index contributed by atoms with van der Waals surface area (Å²) in [4.78, 5) is 2.29. The van der Waals surface area contributed by atoms with Crippen molar-refractivity contribution in [3.63, 3.8) is 0 Å². The summed E-state index contributed by atoms with van der Waals surface area (Å²) in [7, 11) is 0. The van der Waals surface area contributed by atoms with E-state index in [1.165, 1.54) is 16.7 Å².